The van der Waals surface area contributed by atoms with Crippen molar-refractivity contribution in [2.24, 2.45) is 5.41 Å². The molecule has 0 saturated heterocycles. The highest BCUT2D eigenvalue weighted by molar-refractivity contribution is 5.13. The van der Waals surface area contributed by atoms with Crippen molar-refractivity contribution in [2.75, 3.05) is 6.61 Å². The number of hydrogen-bond donors (Lipinski definition) is 2. The summed E-state index contributed by atoms with van der Waals surface area (Å²) in [6.07, 6.45) is 0.718. The maximum absolute atomic E-state index is 12.8. The maximum Gasteiger partial charge on any atom is 0.417 e. The van der Waals surface area contributed by atoms with E-state index >= 15 is 0 Å². The number of rotatable bonds is 4. The van der Waals surface area contributed by atoms with E-state index in [1.165, 1.54) is 6.42 Å². The molecule has 3 aliphatic rings. The Morgan fingerprint density at radius 1 is 1.18 bits per heavy atom. The van der Waals surface area contributed by atoms with Crippen LogP contribution in [-0.4, -0.2) is 41.7 Å². The largest absolute Gasteiger partial charge is 0.417 e. The number of hydrogen-bond acceptors (Lipinski definition) is 3. The molecule has 0 aromatic heterocycles. The number of halogens is 3. The second-order valence-corrected chi connectivity index (χ2v) is 7.29. The van der Waals surface area contributed by atoms with Crippen molar-refractivity contribution in [3.05, 3.63) is 0 Å². The summed E-state index contributed by atoms with van der Waals surface area (Å²) < 4.78 is 44.3. The number of aliphatic hydroxyl groups is 1. The summed E-state index contributed by atoms with van der Waals surface area (Å²) >= 11 is 0. The highest BCUT2D eigenvalue weighted by atomic mass is 19.4. The van der Waals surface area contributed by atoms with E-state index in [4.69, 9.17) is 4.74 Å². The van der Waals surface area contributed by atoms with Gasteiger partial charge < -0.3 is 15.2 Å². The summed E-state index contributed by atoms with van der Waals surface area (Å²) in [6, 6.07) is 0.465. The maximum atomic E-state index is 12.8. The summed E-state index contributed by atoms with van der Waals surface area (Å²) in [4.78, 5) is 0. The molecular weight excluding hydrogens is 295 g/mol. The van der Waals surface area contributed by atoms with Crippen LogP contribution in [0.1, 0.15) is 58.3 Å². The highest BCUT2D eigenvalue weighted by Crippen LogP contribution is 2.57. The molecule has 0 bridgehead atoms. The molecule has 3 rings (SSSR count). The Labute approximate surface area is 129 Å². The average Bonchev–Trinajstić information content (AvgIpc) is 2.36. The van der Waals surface area contributed by atoms with E-state index in [0.717, 1.165) is 25.9 Å². The third kappa shape index (κ3) is 2.57. The molecule has 2 N–H and O–H groups in total. The molecule has 0 aromatic rings. The first kappa shape index (κ1) is 16.5. The van der Waals surface area contributed by atoms with Gasteiger partial charge in [0.2, 0.25) is 0 Å². The Morgan fingerprint density at radius 3 is 2.27 bits per heavy atom. The topological polar surface area (TPSA) is 41.5 Å². The number of alkyl halides is 3. The first-order valence-corrected chi connectivity index (χ1v) is 8.47. The molecule has 0 unspecified atom stereocenters. The molecule has 22 heavy (non-hydrogen) atoms. The molecule has 0 heterocycles. The van der Waals surface area contributed by atoms with E-state index in [0.29, 0.717) is 25.0 Å². The molecule has 0 amide bonds. The summed E-state index contributed by atoms with van der Waals surface area (Å²) in [5.74, 6) is 0. The summed E-state index contributed by atoms with van der Waals surface area (Å²) in [5, 5.41) is 13.3. The van der Waals surface area contributed by atoms with Gasteiger partial charge in [-0.25, -0.2) is 0 Å². The minimum Gasteiger partial charge on any atom is -0.380 e. The van der Waals surface area contributed by atoms with Gasteiger partial charge in [-0.1, -0.05) is 6.42 Å². The van der Waals surface area contributed by atoms with Crippen LogP contribution in [0.25, 0.3) is 0 Å². The van der Waals surface area contributed by atoms with Crippen molar-refractivity contribution < 1.29 is 23.0 Å². The minimum absolute atomic E-state index is 0.0904. The van der Waals surface area contributed by atoms with Crippen LogP contribution in [0.2, 0.25) is 0 Å². The van der Waals surface area contributed by atoms with Gasteiger partial charge in [0.05, 0.1) is 6.10 Å². The molecule has 1 spiro atoms. The van der Waals surface area contributed by atoms with Crippen LogP contribution in [0.5, 0.6) is 0 Å². The fourth-order valence-electron chi connectivity index (χ4n) is 4.50. The Balaban J connectivity index is 1.52. The summed E-state index contributed by atoms with van der Waals surface area (Å²) in [6.45, 7) is 2.73. The predicted molar refractivity (Wildman–Crippen MR) is 76.5 cm³/mol. The Bertz CT molecular complexity index is 401. The second-order valence-electron chi connectivity index (χ2n) is 7.29. The van der Waals surface area contributed by atoms with Gasteiger partial charge >= 0.3 is 6.18 Å². The first-order chi connectivity index (χ1) is 10.3. The van der Waals surface area contributed by atoms with Crippen LogP contribution in [0.15, 0.2) is 0 Å². The zero-order chi connectivity index (χ0) is 16.0. The third-order valence-corrected chi connectivity index (χ3v) is 6.21. The van der Waals surface area contributed by atoms with E-state index < -0.39 is 11.8 Å². The Hall–Kier alpha value is -0.330. The monoisotopic (exact) mass is 321 g/mol. The van der Waals surface area contributed by atoms with Gasteiger partial charge in [-0.2, -0.15) is 13.2 Å². The lowest BCUT2D eigenvalue weighted by molar-refractivity contribution is -0.271. The normalized spacial score (nSPS) is 41.0. The Kier molecular flexibility index (Phi) is 4.23. The molecule has 6 heteroatoms. The van der Waals surface area contributed by atoms with Crippen molar-refractivity contribution in [2.45, 2.75) is 88.3 Å². The minimum atomic E-state index is -4.51. The third-order valence-electron chi connectivity index (χ3n) is 6.21. The molecule has 0 aromatic carbocycles. The van der Waals surface area contributed by atoms with Gasteiger partial charge in [0.15, 0.2) is 5.60 Å². The summed E-state index contributed by atoms with van der Waals surface area (Å²) in [7, 11) is 0. The first-order valence-electron chi connectivity index (χ1n) is 8.47. The number of ether oxygens (including phenoxy) is 1. The molecule has 3 fully saturated rings. The lowest BCUT2D eigenvalue weighted by atomic mass is 9.50. The molecule has 3 saturated carbocycles. The second kappa shape index (κ2) is 5.64. The molecule has 2 atom stereocenters. The quantitative estimate of drug-likeness (QED) is 0.836. The van der Waals surface area contributed by atoms with Gasteiger partial charge in [0.25, 0.3) is 0 Å². The van der Waals surface area contributed by atoms with E-state index in [2.05, 4.69) is 5.32 Å². The highest BCUT2D eigenvalue weighted by Gasteiger charge is 2.60. The molecule has 0 radical (unpaired) electrons. The standard InChI is InChI=1S/C16H26F3NO2/c1-2-22-13-10-12(14(13)6-3-7-14)20-11-4-8-15(21,9-5-11)16(17,18)19/h11-13,20-21H,2-10H2,1H3/t11?,12-,13-,15?/m0/s1. The zero-order valence-electron chi connectivity index (χ0n) is 13.1. The van der Waals surface area contributed by atoms with Crippen molar-refractivity contribution in [3.63, 3.8) is 0 Å². The molecular formula is C16H26F3NO2. The van der Waals surface area contributed by atoms with Gasteiger partial charge in [0, 0.05) is 24.1 Å². The van der Waals surface area contributed by atoms with Crippen LogP contribution in [0.4, 0.5) is 13.2 Å². The van der Waals surface area contributed by atoms with Crippen molar-refractivity contribution in [1.29, 1.82) is 0 Å². The molecule has 0 aliphatic heterocycles. The van der Waals surface area contributed by atoms with Gasteiger partial charge in [-0.15, -0.1) is 0 Å². The average molecular weight is 321 g/mol. The fourth-order valence-corrected chi connectivity index (χ4v) is 4.50. The van der Waals surface area contributed by atoms with E-state index in [9.17, 15) is 18.3 Å². The van der Waals surface area contributed by atoms with Crippen molar-refractivity contribution in [3.8, 4) is 0 Å². The van der Waals surface area contributed by atoms with E-state index in [-0.39, 0.29) is 24.3 Å². The smallest absolute Gasteiger partial charge is 0.380 e. The van der Waals surface area contributed by atoms with Gasteiger partial charge in [-0.05, 0) is 51.9 Å². The Morgan fingerprint density at radius 2 is 1.82 bits per heavy atom. The molecule has 3 aliphatic carbocycles. The van der Waals surface area contributed by atoms with Crippen LogP contribution < -0.4 is 5.32 Å². The van der Waals surface area contributed by atoms with Crippen molar-refractivity contribution in [1.82, 2.24) is 5.32 Å². The zero-order valence-corrected chi connectivity index (χ0v) is 13.1. The van der Waals surface area contributed by atoms with Crippen LogP contribution in [-0.2, 0) is 4.74 Å². The SMILES string of the molecule is CCO[C@H]1C[C@H](NC2CCC(O)(C(F)(F)F)CC2)C12CCC2. The fraction of sp³-hybridized carbons (Fsp3) is 1.00. The molecule has 128 valence electrons. The van der Waals surface area contributed by atoms with Crippen LogP contribution >= 0.6 is 0 Å². The molecule has 3 nitrogen and oxygen atoms in total. The summed E-state index contributed by atoms with van der Waals surface area (Å²) in [5.41, 5.74) is -2.25. The number of nitrogens with one attached hydrogen (secondary N) is 1. The van der Waals surface area contributed by atoms with E-state index in [1.54, 1.807) is 0 Å². The van der Waals surface area contributed by atoms with Gasteiger partial charge in [-0.3, -0.25) is 0 Å². The van der Waals surface area contributed by atoms with Crippen LogP contribution in [0.3, 0.4) is 0 Å². The van der Waals surface area contributed by atoms with Crippen LogP contribution in [0, 0.1) is 5.41 Å². The van der Waals surface area contributed by atoms with E-state index in [1.807, 2.05) is 6.92 Å². The predicted octanol–water partition coefficient (Wildman–Crippen LogP) is 3.16. The van der Waals surface area contributed by atoms with Gasteiger partial charge in [0.1, 0.15) is 0 Å². The lowest BCUT2D eigenvalue weighted by Crippen LogP contribution is -2.68. The van der Waals surface area contributed by atoms with Crippen molar-refractivity contribution >= 4 is 0 Å². The lowest BCUT2D eigenvalue weighted by Gasteiger charge is -2.62.